The Kier molecular flexibility index (Phi) is 6.18. The molecule has 1 fully saturated rings. The Morgan fingerprint density at radius 2 is 1.74 bits per heavy atom. The van der Waals surface area contributed by atoms with Gasteiger partial charge in [0.05, 0.1) is 12.7 Å². The topological polar surface area (TPSA) is 75.6 Å². The zero-order chi connectivity index (χ0) is 23.5. The Hall–Kier alpha value is -3.85. The van der Waals surface area contributed by atoms with Gasteiger partial charge in [-0.15, -0.1) is 0 Å². The first-order valence-corrected chi connectivity index (χ1v) is 11.0. The van der Waals surface area contributed by atoms with Crippen LogP contribution < -0.4 is 0 Å². The predicted octanol–water partition coefficient (Wildman–Crippen LogP) is 4.16. The number of halogens is 2. The van der Waals surface area contributed by atoms with E-state index in [4.69, 9.17) is 8.94 Å². The van der Waals surface area contributed by atoms with Gasteiger partial charge in [-0.2, -0.15) is 4.98 Å². The van der Waals surface area contributed by atoms with E-state index in [1.54, 1.807) is 23.3 Å². The van der Waals surface area contributed by atoms with Crippen molar-refractivity contribution in [1.29, 1.82) is 0 Å². The van der Waals surface area contributed by atoms with E-state index in [1.165, 1.54) is 18.2 Å². The molecule has 4 aromatic rings. The van der Waals surface area contributed by atoms with Crippen molar-refractivity contribution in [1.82, 2.24) is 19.9 Å². The number of carbonyl (C=O) groups excluding carboxylic acids is 1. The summed E-state index contributed by atoms with van der Waals surface area (Å²) in [5, 5.41) is 4.05. The summed E-state index contributed by atoms with van der Waals surface area (Å²) in [4.78, 5) is 20.9. The molecule has 0 radical (unpaired) electrons. The van der Waals surface area contributed by atoms with Gasteiger partial charge in [0, 0.05) is 43.9 Å². The summed E-state index contributed by atoms with van der Waals surface area (Å²) in [6.07, 6.45) is 1.27. The van der Waals surface area contributed by atoms with Crippen LogP contribution in [0.15, 0.2) is 69.8 Å². The molecule has 0 unspecified atom stereocenters. The molecule has 0 atom stereocenters. The third kappa shape index (κ3) is 4.74. The van der Waals surface area contributed by atoms with E-state index in [2.05, 4.69) is 15.0 Å². The number of benzene rings is 2. The molecule has 1 saturated heterocycles. The fourth-order valence-electron chi connectivity index (χ4n) is 4.03. The van der Waals surface area contributed by atoms with Crippen molar-refractivity contribution < 1.29 is 22.5 Å². The molecule has 174 valence electrons. The van der Waals surface area contributed by atoms with Gasteiger partial charge in [-0.1, -0.05) is 29.4 Å². The SMILES string of the molecule is O=C(Cc1c(F)cccc1F)N1CCN(Cc2cccc(-c3noc(-c4ccco4)n3)c2)CC1. The van der Waals surface area contributed by atoms with Crippen LogP contribution in [0.3, 0.4) is 0 Å². The number of rotatable bonds is 6. The quantitative estimate of drug-likeness (QED) is 0.427. The maximum absolute atomic E-state index is 13.9. The standard InChI is InChI=1S/C25H22F2N4O3/c26-20-6-2-7-21(27)19(20)15-23(32)31-11-9-30(10-12-31)16-17-4-1-5-18(14-17)24-28-25(34-29-24)22-8-3-13-33-22/h1-8,13-14H,9-12,15-16H2. The van der Waals surface area contributed by atoms with E-state index in [0.29, 0.717) is 50.2 Å². The fraction of sp³-hybridized carbons (Fsp3) is 0.240. The lowest BCUT2D eigenvalue weighted by molar-refractivity contribution is -0.132. The number of amides is 1. The van der Waals surface area contributed by atoms with Gasteiger partial charge in [0.2, 0.25) is 11.7 Å². The first-order valence-electron chi connectivity index (χ1n) is 11.0. The highest BCUT2D eigenvalue weighted by atomic mass is 19.1. The van der Waals surface area contributed by atoms with E-state index in [1.807, 2.05) is 24.3 Å². The van der Waals surface area contributed by atoms with Gasteiger partial charge in [-0.25, -0.2) is 8.78 Å². The molecule has 0 N–H and O–H groups in total. The van der Waals surface area contributed by atoms with Crippen LogP contribution in [0.5, 0.6) is 0 Å². The lowest BCUT2D eigenvalue weighted by Crippen LogP contribution is -2.48. The summed E-state index contributed by atoms with van der Waals surface area (Å²) in [6, 6.07) is 15.0. The Labute approximate surface area is 194 Å². The second kappa shape index (κ2) is 9.56. The lowest BCUT2D eigenvalue weighted by atomic mass is 10.1. The number of hydrogen-bond donors (Lipinski definition) is 0. The van der Waals surface area contributed by atoms with Gasteiger partial charge in [-0.3, -0.25) is 9.69 Å². The van der Waals surface area contributed by atoms with Crippen LogP contribution in [-0.2, 0) is 17.8 Å². The Bertz CT molecular complexity index is 1260. The van der Waals surface area contributed by atoms with Crippen molar-refractivity contribution >= 4 is 5.91 Å². The first kappa shape index (κ1) is 22.0. The van der Waals surface area contributed by atoms with E-state index >= 15 is 0 Å². The summed E-state index contributed by atoms with van der Waals surface area (Å²) in [5.41, 5.74) is 1.73. The third-order valence-electron chi connectivity index (χ3n) is 5.86. The van der Waals surface area contributed by atoms with Crippen LogP contribution in [0, 0.1) is 11.6 Å². The minimum Gasteiger partial charge on any atom is -0.459 e. The average Bonchev–Trinajstić information content (AvgIpc) is 3.54. The molecule has 2 aromatic carbocycles. The van der Waals surface area contributed by atoms with Crippen molar-refractivity contribution in [2.45, 2.75) is 13.0 Å². The Morgan fingerprint density at radius 1 is 0.971 bits per heavy atom. The molecule has 9 heteroatoms. The predicted molar refractivity (Wildman–Crippen MR) is 119 cm³/mol. The highest BCUT2D eigenvalue weighted by Gasteiger charge is 2.23. The minimum absolute atomic E-state index is 0.177. The third-order valence-corrected chi connectivity index (χ3v) is 5.86. The van der Waals surface area contributed by atoms with Crippen LogP contribution in [0.2, 0.25) is 0 Å². The molecule has 7 nitrogen and oxygen atoms in total. The Morgan fingerprint density at radius 3 is 2.47 bits per heavy atom. The molecular formula is C25H22F2N4O3. The largest absolute Gasteiger partial charge is 0.459 e. The molecule has 3 heterocycles. The zero-order valence-corrected chi connectivity index (χ0v) is 18.3. The minimum atomic E-state index is -0.690. The molecular weight excluding hydrogens is 442 g/mol. The van der Waals surface area contributed by atoms with Gasteiger partial charge in [0.1, 0.15) is 11.6 Å². The number of hydrogen-bond acceptors (Lipinski definition) is 6. The lowest BCUT2D eigenvalue weighted by Gasteiger charge is -2.35. The molecule has 34 heavy (non-hydrogen) atoms. The smallest absolute Gasteiger partial charge is 0.293 e. The van der Waals surface area contributed by atoms with Crippen molar-refractivity contribution in [3.63, 3.8) is 0 Å². The van der Waals surface area contributed by atoms with E-state index in [-0.39, 0.29) is 17.9 Å². The second-order valence-electron chi connectivity index (χ2n) is 8.13. The highest BCUT2D eigenvalue weighted by molar-refractivity contribution is 5.79. The molecule has 1 amide bonds. The molecule has 0 bridgehead atoms. The second-order valence-corrected chi connectivity index (χ2v) is 8.13. The summed E-state index contributed by atoms with van der Waals surface area (Å²) in [7, 11) is 0. The summed E-state index contributed by atoms with van der Waals surface area (Å²) in [6.45, 7) is 3.04. The van der Waals surface area contributed by atoms with Crippen molar-refractivity contribution in [3.8, 4) is 23.0 Å². The monoisotopic (exact) mass is 464 g/mol. The van der Waals surface area contributed by atoms with Crippen LogP contribution >= 0.6 is 0 Å². The maximum Gasteiger partial charge on any atom is 0.293 e. The van der Waals surface area contributed by atoms with E-state index in [0.717, 1.165) is 11.1 Å². The van der Waals surface area contributed by atoms with Gasteiger partial charge >= 0.3 is 0 Å². The molecule has 1 aliphatic heterocycles. The molecule has 0 saturated carbocycles. The number of piperazine rings is 1. The van der Waals surface area contributed by atoms with Gasteiger partial charge in [0.25, 0.3) is 5.89 Å². The van der Waals surface area contributed by atoms with Crippen LogP contribution in [0.4, 0.5) is 8.78 Å². The summed E-state index contributed by atoms with van der Waals surface area (Å²) in [5.74, 6) is -0.338. The summed E-state index contributed by atoms with van der Waals surface area (Å²) < 4.78 is 38.3. The van der Waals surface area contributed by atoms with Gasteiger partial charge < -0.3 is 13.8 Å². The van der Waals surface area contributed by atoms with Crippen molar-refractivity contribution in [2.24, 2.45) is 0 Å². The molecule has 1 aliphatic rings. The first-order chi connectivity index (χ1) is 16.6. The number of furan rings is 1. The van der Waals surface area contributed by atoms with E-state index < -0.39 is 11.6 Å². The highest BCUT2D eigenvalue weighted by Crippen LogP contribution is 2.24. The zero-order valence-electron chi connectivity index (χ0n) is 18.3. The Balaban J connectivity index is 1.18. The van der Waals surface area contributed by atoms with Gasteiger partial charge in [-0.05, 0) is 35.9 Å². The number of aromatic nitrogens is 2. The van der Waals surface area contributed by atoms with Gasteiger partial charge in [0.15, 0.2) is 5.76 Å². The summed E-state index contributed by atoms with van der Waals surface area (Å²) >= 11 is 0. The van der Waals surface area contributed by atoms with Crippen molar-refractivity contribution in [2.75, 3.05) is 26.2 Å². The molecule has 0 spiro atoms. The van der Waals surface area contributed by atoms with Crippen LogP contribution in [0.1, 0.15) is 11.1 Å². The van der Waals surface area contributed by atoms with Crippen LogP contribution in [-0.4, -0.2) is 52.0 Å². The number of nitrogens with zero attached hydrogens (tertiary/aromatic N) is 4. The molecule has 2 aromatic heterocycles. The van der Waals surface area contributed by atoms with E-state index in [9.17, 15) is 13.6 Å². The molecule has 5 rings (SSSR count). The fourth-order valence-corrected chi connectivity index (χ4v) is 4.03. The maximum atomic E-state index is 13.9. The van der Waals surface area contributed by atoms with Crippen molar-refractivity contribution in [3.05, 3.63) is 83.6 Å². The number of carbonyl (C=O) groups is 1. The average molecular weight is 464 g/mol. The normalized spacial score (nSPS) is 14.5. The van der Waals surface area contributed by atoms with Crippen LogP contribution in [0.25, 0.3) is 23.0 Å². The molecule has 0 aliphatic carbocycles.